The van der Waals surface area contributed by atoms with E-state index in [1.807, 2.05) is 24.3 Å². The van der Waals surface area contributed by atoms with Gasteiger partial charge in [0.25, 0.3) is 0 Å². The highest BCUT2D eigenvalue weighted by Crippen LogP contribution is 2.21. The lowest BCUT2D eigenvalue weighted by molar-refractivity contribution is -0.121. The lowest BCUT2D eigenvalue weighted by atomic mass is 9.92. The van der Waals surface area contributed by atoms with Crippen molar-refractivity contribution in [2.24, 2.45) is 11.8 Å². The zero-order chi connectivity index (χ0) is 20.6. The number of aryl methyl sites for hydroxylation is 1. The highest BCUT2D eigenvalue weighted by molar-refractivity contribution is 5.75. The topological polar surface area (TPSA) is 80.5 Å². The number of piperidine rings is 1. The minimum Gasteiger partial charge on any atom is -0.497 e. The molecule has 0 spiro atoms. The molecule has 1 aromatic heterocycles. The summed E-state index contributed by atoms with van der Waals surface area (Å²) in [5, 5.41) is 7.05. The summed E-state index contributed by atoms with van der Waals surface area (Å²) < 4.78 is 10.5. The highest BCUT2D eigenvalue weighted by Gasteiger charge is 2.21. The standard InChI is InChI=1S/C22H32N4O3/c1-16-13-17(2)15-26(14-16)12-11-23-20(27)5-4-6-21-24-22(25-29-21)18-7-9-19(28-3)10-8-18/h7-10,16-17H,4-6,11-15H2,1-3H3,(H,23,27). The third-order valence-electron chi connectivity index (χ3n) is 5.31. The van der Waals surface area contributed by atoms with E-state index in [0.29, 0.717) is 37.5 Å². The largest absolute Gasteiger partial charge is 0.497 e. The molecule has 7 nitrogen and oxygen atoms in total. The van der Waals surface area contributed by atoms with Crippen molar-refractivity contribution in [2.75, 3.05) is 33.3 Å². The van der Waals surface area contributed by atoms with Crippen molar-refractivity contribution in [3.8, 4) is 17.1 Å². The molecule has 1 fully saturated rings. The van der Waals surface area contributed by atoms with Crippen LogP contribution in [0.25, 0.3) is 11.4 Å². The molecule has 1 saturated heterocycles. The van der Waals surface area contributed by atoms with Crippen molar-refractivity contribution in [1.82, 2.24) is 20.4 Å². The summed E-state index contributed by atoms with van der Waals surface area (Å²) in [6.45, 7) is 8.51. The van der Waals surface area contributed by atoms with Crippen LogP contribution in [-0.2, 0) is 11.2 Å². The summed E-state index contributed by atoms with van der Waals surface area (Å²) in [7, 11) is 1.63. The Hall–Kier alpha value is -2.41. The van der Waals surface area contributed by atoms with E-state index in [2.05, 4.69) is 34.2 Å². The lowest BCUT2D eigenvalue weighted by Gasteiger charge is -2.34. The molecule has 158 valence electrons. The van der Waals surface area contributed by atoms with Gasteiger partial charge in [-0.05, 0) is 48.9 Å². The predicted molar refractivity (Wildman–Crippen MR) is 112 cm³/mol. The first-order valence-corrected chi connectivity index (χ1v) is 10.5. The molecule has 1 N–H and O–H groups in total. The summed E-state index contributed by atoms with van der Waals surface area (Å²) in [4.78, 5) is 19.0. The molecule has 2 atom stereocenters. The summed E-state index contributed by atoms with van der Waals surface area (Å²) >= 11 is 0. The van der Waals surface area contributed by atoms with Gasteiger partial charge in [-0.25, -0.2) is 0 Å². The summed E-state index contributed by atoms with van der Waals surface area (Å²) in [6.07, 6.45) is 3.05. The van der Waals surface area contributed by atoms with Crippen LogP contribution in [-0.4, -0.2) is 54.2 Å². The van der Waals surface area contributed by atoms with Gasteiger partial charge in [-0.15, -0.1) is 0 Å². The molecule has 3 rings (SSSR count). The number of hydrogen-bond donors (Lipinski definition) is 1. The van der Waals surface area contributed by atoms with Crippen LogP contribution in [0.5, 0.6) is 5.75 Å². The molecule has 1 aliphatic rings. The van der Waals surface area contributed by atoms with E-state index in [9.17, 15) is 4.79 Å². The van der Waals surface area contributed by atoms with E-state index in [4.69, 9.17) is 9.26 Å². The number of likely N-dealkylation sites (tertiary alicyclic amines) is 1. The van der Waals surface area contributed by atoms with Crippen LogP contribution in [0, 0.1) is 11.8 Å². The molecule has 2 aromatic rings. The number of nitrogens with zero attached hydrogens (tertiary/aromatic N) is 3. The summed E-state index contributed by atoms with van der Waals surface area (Å²) in [5.74, 6) is 3.46. The fourth-order valence-corrected chi connectivity index (χ4v) is 4.03. The van der Waals surface area contributed by atoms with E-state index >= 15 is 0 Å². The van der Waals surface area contributed by atoms with Crippen molar-refractivity contribution >= 4 is 5.91 Å². The zero-order valence-electron chi connectivity index (χ0n) is 17.7. The second-order valence-electron chi connectivity index (χ2n) is 8.15. The van der Waals surface area contributed by atoms with E-state index in [-0.39, 0.29) is 5.91 Å². The first kappa shape index (κ1) is 21.3. The van der Waals surface area contributed by atoms with Gasteiger partial charge >= 0.3 is 0 Å². The maximum absolute atomic E-state index is 12.1. The van der Waals surface area contributed by atoms with Crippen molar-refractivity contribution in [3.05, 3.63) is 30.2 Å². The first-order valence-electron chi connectivity index (χ1n) is 10.5. The molecule has 1 aliphatic heterocycles. The third kappa shape index (κ3) is 6.56. The number of nitrogens with one attached hydrogen (secondary N) is 1. The van der Waals surface area contributed by atoms with Crippen LogP contribution in [0.2, 0.25) is 0 Å². The molecule has 7 heteroatoms. The Kier molecular flexibility index (Phi) is 7.63. The quantitative estimate of drug-likeness (QED) is 0.696. The molecule has 0 radical (unpaired) electrons. The number of benzene rings is 1. The average Bonchev–Trinajstić information content (AvgIpc) is 3.16. The molecular weight excluding hydrogens is 368 g/mol. The molecule has 0 aliphatic carbocycles. The third-order valence-corrected chi connectivity index (χ3v) is 5.31. The fraction of sp³-hybridized carbons (Fsp3) is 0.591. The molecule has 2 unspecified atom stereocenters. The van der Waals surface area contributed by atoms with Gasteiger partial charge in [0.15, 0.2) is 0 Å². The van der Waals surface area contributed by atoms with Gasteiger partial charge < -0.3 is 19.5 Å². The highest BCUT2D eigenvalue weighted by atomic mass is 16.5. The normalized spacial score (nSPS) is 19.8. The maximum Gasteiger partial charge on any atom is 0.226 e. The minimum absolute atomic E-state index is 0.0815. The van der Waals surface area contributed by atoms with Gasteiger partial charge in [0.2, 0.25) is 17.6 Å². The Morgan fingerprint density at radius 3 is 2.66 bits per heavy atom. The van der Waals surface area contributed by atoms with E-state index < -0.39 is 0 Å². The molecular formula is C22H32N4O3. The second kappa shape index (κ2) is 10.4. The van der Waals surface area contributed by atoms with Gasteiger partial charge in [-0.1, -0.05) is 19.0 Å². The van der Waals surface area contributed by atoms with Gasteiger partial charge in [-0.3, -0.25) is 4.79 Å². The Labute approximate surface area is 172 Å². The van der Waals surface area contributed by atoms with Crippen LogP contribution < -0.4 is 10.1 Å². The Bertz CT molecular complexity index is 765. The van der Waals surface area contributed by atoms with Crippen LogP contribution in [0.3, 0.4) is 0 Å². The number of carbonyl (C=O) groups excluding carboxylic acids is 1. The first-order chi connectivity index (χ1) is 14.0. The van der Waals surface area contributed by atoms with Gasteiger partial charge in [0, 0.05) is 44.6 Å². The molecule has 0 saturated carbocycles. The van der Waals surface area contributed by atoms with Crippen LogP contribution >= 0.6 is 0 Å². The number of amides is 1. The summed E-state index contributed by atoms with van der Waals surface area (Å²) in [6, 6.07) is 7.51. The van der Waals surface area contributed by atoms with E-state index in [1.165, 1.54) is 6.42 Å². The second-order valence-corrected chi connectivity index (χ2v) is 8.15. The van der Waals surface area contributed by atoms with Crippen LogP contribution in [0.4, 0.5) is 0 Å². The van der Waals surface area contributed by atoms with Crippen molar-refractivity contribution in [1.29, 1.82) is 0 Å². The van der Waals surface area contributed by atoms with Crippen molar-refractivity contribution in [2.45, 2.75) is 39.5 Å². The molecule has 29 heavy (non-hydrogen) atoms. The smallest absolute Gasteiger partial charge is 0.226 e. The van der Waals surface area contributed by atoms with E-state index in [1.54, 1.807) is 7.11 Å². The van der Waals surface area contributed by atoms with Crippen LogP contribution in [0.15, 0.2) is 28.8 Å². The molecule has 1 aromatic carbocycles. The number of methoxy groups -OCH3 is 1. The zero-order valence-corrected chi connectivity index (χ0v) is 17.7. The number of hydrogen-bond acceptors (Lipinski definition) is 6. The van der Waals surface area contributed by atoms with Crippen molar-refractivity contribution < 1.29 is 14.1 Å². The lowest BCUT2D eigenvalue weighted by Crippen LogP contribution is -2.42. The maximum atomic E-state index is 12.1. The number of rotatable bonds is 9. The average molecular weight is 401 g/mol. The summed E-state index contributed by atoms with van der Waals surface area (Å²) in [5.41, 5.74) is 0.875. The predicted octanol–water partition coefficient (Wildman–Crippen LogP) is 3.16. The van der Waals surface area contributed by atoms with Gasteiger partial charge in [-0.2, -0.15) is 4.98 Å². The number of aromatic nitrogens is 2. The fourth-order valence-electron chi connectivity index (χ4n) is 4.03. The molecule has 1 amide bonds. The SMILES string of the molecule is COc1ccc(-c2noc(CCCC(=O)NCCN3CC(C)CC(C)C3)n2)cc1. The Balaban J connectivity index is 1.34. The van der Waals surface area contributed by atoms with Gasteiger partial charge in [0.1, 0.15) is 5.75 Å². The monoisotopic (exact) mass is 400 g/mol. The molecule has 0 bridgehead atoms. The minimum atomic E-state index is 0.0815. The van der Waals surface area contributed by atoms with Crippen LogP contribution in [0.1, 0.15) is 39.0 Å². The van der Waals surface area contributed by atoms with Gasteiger partial charge in [0.05, 0.1) is 7.11 Å². The Morgan fingerprint density at radius 1 is 1.24 bits per heavy atom. The number of ether oxygens (including phenoxy) is 1. The Morgan fingerprint density at radius 2 is 1.97 bits per heavy atom. The van der Waals surface area contributed by atoms with Crippen molar-refractivity contribution in [3.63, 3.8) is 0 Å². The molecule has 2 heterocycles. The van der Waals surface area contributed by atoms with E-state index in [0.717, 1.165) is 42.8 Å². The number of carbonyl (C=O) groups is 1.